The van der Waals surface area contributed by atoms with E-state index in [-0.39, 0.29) is 5.91 Å². The third kappa shape index (κ3) is 5.19. The van der Waals surface area contributed by atoms with E-state index < -0.39 is 0 Å². The second kappa shape index (κ2) is 8.48. The standard InChI is InChI=1S/C19H23N3O3/c1-22(10-6-15-4-8-20-9-5-15)11-7-19(23)21-16-2-3-17-18(14-16)25-13-12-24-17/h2-5,8-9,14H,6-7,10-13H2,1H3,(H,21,23). The van der Waals surface area contributed by atoms with Gasteiger partial charge in [0.15, 0.2) is 11.5 Å². The SMILES string of the molecule is CN(CCC(=O)Nc1ccc2c(c1)OCCO2)CCc1ccncc1. The molecule has 0 saturated heterocycles. The molecule has 1 N–H and O–H groups in total. The Hall–Kier alpha value is -2.60. The molecule has 1 aliphatic heterocycles. The van der Waals surface area contributed by atoms with Crippen molar-refractivity contribution >= 4 is 11.6 Å². The Bertz CT molecular complexity index is 706. The average Bonchev–Trinajstić information content (AvgIpc) is 2.65. The van der Waals surface area contributed by atoms with Crippen molar-refractivity contribution in [2.75, 3.05) is 38.7 Å². The molecule has 0 saturated carbocycles. The van der Waals surface area contributed by atoms with Gasteiger partial charge in [-0.05, 0) is 43.3 Å². The van der Waals surface area contributed by atoms with Crippen LogP contribution in [0.3, 0.4) is 0 Å². The molecule has 1 aromatic heterocycles. The van der Waals surface area contributed by atoms with Crippen molar-refractivity contribution in [3.63, 3.8) is 0 Å². The molecule has 0 radical (unpaired) electrons. The number of hydrogen-bond acceptors (Lipinski definition) is 5. The van der Waals surface area contributed by atoms with Gasteiger partial charge >= 0.3 is 0 Å². The summed E-state index contributed by atoms with van der Waals surface area (Å²) in [4.78, 5) is 18.3. The summed E-state index contributed by atoms with van der Waals surface area (Å²) >= 11 is 0. The molecule has 1 aromatic carbocycles. The fourth-order valence-corrected chi connectivity index (χ4v) is 2.62. The van der Waals surface area contributed by atoms with E-state index in [4.69, 9.17) is 9.47 Å². The number of fused-ring (bicyclic) bond motifs is 1. The summed E-state index contributed by atoms with van der Waals surface area (Å²) in [6.45, 7) is 2.71. The maximum absolute atomic E-state index is 12.1. The molecule has 0 fully saturated rings. The van der Waals surface area contributed by atoms with Crippen LogP contribution in [-0.2, 0) is 11.2 Å². The molecule has 1 amide bonds. The smallest absolute Gasteiger partial charge is 0.225 e. The first-order chi connectivity index (χ1) is 12.2. The van der Waals surface area contributed by atoms with Gasteiger partial charge in [0.2, 0.25) is 5.91 Å². The lowest BCUT2D eigenvalue weighted by molar-refractivity contribution is -0.116. The molecular formula is C19H23N3O3. The van der Waals surface area contributed by atoms with E-state index in [9.17, 15) is 4.79 Å². The second-order valence-electron chi connectivity index (χ2n) is 6.07. The maximum atomic E-state index is 12.1. The number of nitrogens with zero attached hydrogens (tertiary/aromatic N) is 2. The van der Waals surface area contributed by atoms with Gasteiger partial charge in [0.05, 0.1) is 0 Å². The number of anilines is 1. The summed E-state index contributed by atoms with van der Waals surface area (Å²) < 4.78 is 11.0. The highest BCUT2D eigenvalue weighted by atomic mass is 16.6. The van der Waals surface area contributed by atoms with Gasteiger partial charge in [-0.15, -0.1) is 0 Å². The van der Waals surface area contributed by atoms with Gasteiger partial charge in [-0.2, -0.15) is 0 Å². The predicted octanol–water partition coefficient (Wildman–Crippen LogP) is 2.36. The summed E-state index contributed by atoms with van der Waals surface area (Å²) in [5.41, 5.74) is 1.98. The summed E-state index contributed by atoms with van der Waals surface area (Å²) in [6.07, 6.45) is 5.00. The molecule has 1 aliphatic rings. The Morgan fingerprint density at radius 3 is 2.68 bits per heavy atom. The van der Waals surface area contributed by atoms with Gasteiger partial charge in [0.25, 0.3) is 0 Å². The van der Waals surface area contributed by atoms with Gasteiger partial charge in [0, 0.05) is 43.7 Å². The quantitative estimate of drug-likeness (QED) is 0.837. The number of aromatic nitrogens is 1. The number of benzene rings is 1. The molecular weight excluding hydrogens is 318 g/mol. The largest absolute Gasteiger partial charge is 0.486 e. The number of pyridine rings is 1. The van der Waals surface area contributed by atoms with Crippen molar-refractivity contribution in [1.29, 1.82) is 0 Å². The van der Waals surface area contributed by atoms with E-state index in [1.165, 1.54) is 5.56 Å². The summed E-state index contributed by atoms with van der Waals surface area (Å²) in [5.74, 6) is 1.39. The minimum atomic E-state index is -0.00700. The molecule has 6 heteroatoms. The number of ether oxygens (including phenoxy) is 2. The number of hydrogen-bond donors (Lipinski definition) is 1. The maximum Gasteiger partial charge on any atom is 0.225 e. The fourth-order valence-electron chi connectivity index (χ4n) is 2.62. The van der Waals surface area contributed by atoms with Gasteiger partial charge in [-0.1, -0.05) is 0 Å². The normalized spacial score (nSPS) is 12.9. The van der Waals surface area contributed by atoms with Gasteiger partial charge in [0.1, 0.15) is 13.2 Å². The first kappa shape index (κ1) is 17.2. The van der Waals surface area contributed by atoms with E-state index in [0.717, 1.165) is 24.4 Å². The van der Waals surface area contributed by atoms with E-state index in [1.807, 2.05) is 31.3 Å². The number of likely N-dealkylation sites (N-methyl/N-ethyl adjacent to an activating group) is 1. The highest BCUT2D eigenvalue weighted by molar-refractivity contribution is 5.91. The molecule has 0 atom stereocenters. The van der Waals surface area contributed by atoms with Crippen LogP contribution in [-0.4, -0.2) is 49.1 Å². The summed E-state index contributed by atoms with van der Waals surface area (Å²) in [5, 5.41) is 2.91. The number of carbonyl (C=O) groups is 1. The minimum Gasteiger partial charge on any atom is -0.486 e. The van der Waals surface area contributed by atoms with Crippen LogP contribution in [0.1, 0.15) is 12.0 Å². The Morgan fingerprint density at radius 2 is 1.88 bits per heavy atom. The highest BCUT2D eigenvalue weighted by Crippen LogP contribution is 2.32. The fraction of sp³-hybridized carbons (Fsp3) is 0.368. The van der Waals surface area contributed by atoms with Crippen LogP contribution in [0.5, 0.6) is 11.5 Å². The molecule has 2 heterocycles. The third-order valence-electron chi connectivity index (χ3n) is 4.08. The second-order valence-corrected chi connectivity index (χ2v) is 6.07. The van der Waals surface area contributed by atoms with Crippen LogP contribution in [0, 0.1) is 0 Å². The Morgan fingerprint density at radius 1 is 1.12 bits per heavy atom. The van der Waals surface area contributed by atoms with Crippen LogP contribution in [0.15, 0.2) is 42.7 Å². The lowest BCUT2D eigenvalue weighted by Gasteiger charge is -2.19. The van der Waals surface area contributed by atoms with E-state index in [0.29, 0.717) is 31.9 Å². The van der Waals surface area contributed by atoms with Crippen molar-refractivity contribution in [2.24, 2.45) is 0 Å². The Labute approximate surface area is 147 Å². The van der Waals surface area contributed by atoms with Crippen LogP contribution >= 0.6 is 0 Å². The molecule has 0 unspecified atom stereocenters. The molecule has 2 aromatic rings. The molecule has 25 heavy (non-hydrogen) atoms. The zero-order chi connectivity index (χ0) is 17.5. The van der Waals surface area contributed by atoms with Crippen LogP contribution in [0.25, 0.3) is 0 Å². The van der Waals surface area contributed by atoms with Crippen LogP contribution < -0.4 is 14.8 Å². The lowest BCUT2D eigenvalue weighted by atomic mass is 10.2. The molecule has 6 nitrogen and oxygen atoms in total. The van der Waals surface area contributed by atoms with Gasteiger partial charge in [-0.25, -0.2) is 0 Å². The van der Waals surface area contributed by atoms with Crippen LogP contribution in [0.2, 0.25) is 0 Å². The molecule has 0 bridgehead atoms. The van der Waals surface area contributed by atoms with Crippen LogP contribution in [0.4, 0.5) is 5.69 Å². The minimum absolute atomic E-state index is 0.00700. The predicted molar refractivity (Wildman–Crippen MR) is 96.1 cm³/mol. The topological polar surface area (TPSA) is 63.7 Å². The average molecular weight is 341 g/mol. The van der Waals surface area contributed by atoms with Gasteiger partial charge in [-0.3, -0.25) is 9.78 Å². The molecule has 0 aliphatic carbocycles. The van der Waals surface area contributed by atoms with Crippen molar-refractivity contribution in [1.82, 2.24) is 9.88 Å². The number of amides is 1. The summed E-state index contributed by atoms with van der Waals surface area (Å²) in [6, 6.07) is 9.49. The van der Waals surface area contributed by atoms with Crippen molar-refractivity contribution in [3.05, 3.63) is 48.3 Å². The van der Waals surface area contributed by atoms with E-state index >= 15 is 0 Å². The first-order valence-electron chi connectivity index (χ1n) is 8.47. The summed E-state index contributed by atoms with van der Waals surface area (Å²) in [7, 11) is 2.03. The molecule has 0 spiro atoms. The zero-order valence-electron chi connectivity index (χ0n) is 14.4. The molecule has 132 valence electrons. The van der Waals surface area contributed by atoms with E-state index in [1.54, 1.807) is 18.5 Å². The Kier molecular flexibility index (Phi) is 5.85. The number of nitrogens with one attached hydrogen (secondary N) is 1. The zero-order valence-corrected chi connectivity index (χ0v) is 14.4. The van der Waals surface area contributed by atoms with Crippen molar-refractivity contribution < 1.29 is 14.3 Å². The third-order valence-corrected chi connectivity index (χ3v) is 4.08. The van der Waals surface area contributed by atoms with Gasteiger partial charge < -0.3 is 19.7 Å². The van der Waals surface area contributed by atoms with E-state index in [2.05, 4.69) is 15.2 Å². The van der Waals surface area contributed by atoms with Crippen molar-refractivity contribution in [3.8, 4) is 11.5 Å². The highest BCUT2D eigenvalue weighted by Gasteiger charge is 2.13. The monoisotopic (exact) mass is 341 g/mol. The molecule has 3 rings (SSSR count). The number of rotatable bonds is 7. The Balaban J connectivity index is 1.41. The number of carbonyl (C=O) groups excluding carboxylic acids is 1. The lowest BCUT2D eigenvalue weighted by Crippen LogP contribution is -2.26. The van der Waals surface area contributed by atoms with Crippen molar-refractivity contribution in [2.45, 2.75) is 12.8 Å². The first-order valence-corrected chi connectivity index (χ1v) is 8.47.